The summed E-state index contributed by atoms with van der Waals surface area (Å²) in [7, 11) is -0.881. The minimum Gasteiger partial charge on any atom is -0.497 e. The number of methoxy groups -OCH3 is 2. The highest BCUT2D eigenvalue weighted by Crippen LogP contribution is 2.30. The highest BCUT2D eigenvalue weighted by Gasteiger charge is 2.17. The van der Waals surface area contributed by atoms with Gasteiger partial charge in [-0.15, -0.1) is 0 Å². The molecule has 0 unspecified atom stereocenters. The maximum absolute atomic E-state index is 12.4. The molecule has 0 bridgehead atoms. The predicted molar refractivity (Wildman–Crippen MR) is 81.5 cm³/mol. The fraction of sp³-hybridized carbons (Fsp3) is 0.133. The van der Waals surface area contributed by atoms with Crippen LogP contribution >= 0.6 is 0 Å². The van der Waals surface area contributed by atoms with Crippen molar-refractivity contribution in [2.45, 2.75) is 4.90 Å². The topological polar surface area (TPSA) is 88.4 Å². The van der Waals surface area contributed by atoms with Crippen LogP contribution < -0.4 is 14.2 Å². The average Bonchev–Trinajstić information content (AvgIpc) is 2.55. The molecule has 0 saturated heterocycles. The van der Waals surface area contributed by atoms with Crippen molar-refractivity contribution in [2.24, 2.45) is 0 Å². The van der Waals surface area contributed by atoms with E-state index in [0.29, 0.717) is 11.5 Å². The number of nitrogens with zero attached hydrogens (tertiary/aromatic N) is 1. The molecule has 0 aromatic heterocycles. The van der Waals surface area contributed by atoms with Gasteiger partial charge in [-0.05, 0) is 30.3 Å². The van der Waals surface area contributed by atoms with E-state index in [2.05, 4.69) is 4.72 Å². The maximum atomic E-state index is 12.4. The van der Waals surface area contributed by atoms with Crippen LogP contribution in [0.15, 0.2) is 47.4 Å². The SMILES string of the molecule is COc1ccc(NS(=O)(=O)c2cccc(C#N)c2)c(OC)c1. The average molecular weight is 318 g/mol. The normalized spacial score (nSPS) is 10.6. The molecule has 22 heavy (non-hydrogen) atoms. The van der Waals surface area contributed by atoms with Gasteiger partial charge in [0, 0.05) is 6.07 Å². The van der Waals surface area contributed by atoms with Crippen LogP contribution in [0.4, 0.5) is 5.69 Å². The van der Waals surface area contributed by atoms with Gasteiger partial charge >= 0.3 is 0 Å². The summed E-state index contributed by atoms with van der Waals surface area (Å²) in [4.78, 5) is 0.00409. The van der Waals surface area contributed by atoms with Gasteiger partial charge < -0.3 is 9.47 Å². The second-order valence-corrected chi connectivity index (χ2v) is 5.99. The molecule has 2 rings (SSSR count). The van der Waals surface area contributed by atoms with E-state index in [0.717, 1.165) is 0 Å². The van der Waals surface area contributed by atoms with Crippen LogP contribution in [0.2, 0.25) is 0 Å². The van der Waals surface area contributed by atoms with Crippen LogP contribution in [-0.2, 0) is 10.0 Å². The summed E-state index contributed by atoms with van der Waals surface area (Å²) in [5.74, 6) is 0.880. The van der Waals surface area contributed by atoms with Crippen LogP contribution in [0.3, 0.4) is 0 Å². The van der Waals surface area contributed by atoms with Crippen LogP contribution in [0.25, 0.3) is 0 Å². The van der Waals surface area contributed by atoms with Crippen molar-refractivity contribution in [1.29, 1.82) is 5.26 Å². The molecule has 0 heterocycles. The Kier molecular flexibility index (Phi) is 4.53. The Morgan fingerprint density at radius 3 is 2.50 bits per heavy atom. The number of anilines is 1. The Bertz CT molecular complexity index is 826. The summed E-state index contributed by atoms with van der Waals surface area (Å²) >= 11 is 0. The van der Waals surface area contributed by atoms with E-state index in [9.17, 15) is 8.42 Å². The van der Waals surface area contributed by atoms with Crippen molar-refractivity contribution < 1.29 is 17.9 Å². The molecule has 0 saturated carbocycles. The van der Waals surface area contributed by atoms with E-state index in [4.69, 9.17) is 14.7 Å². The largest absolute Gasteiger partial charge is 0.497 e. The lowest BCUT2D eigenvalue weighted by Gasteiger charge is -2.13. The van der Waals surface area contributed by atoms with Crippen molar-refractivity contribution in [3.63, 3.8) is 0 Å². The quantitative estimate of drug-likeness (QED) is 0.914. The molecular weight excluding hydrogens is 304 g/mol. The molecule has 7 heteroatoms. The van der Waals surface area contributed by atoms with Crippen LogP contribution in [-0.4, -0.2) is 22.6 Å². The van der Waals surface area contributed by atoms with Crippen molar-refractivity contribution >= 4 is 15.7 Å². The van der Waals surface area contributed by atoms with E-state index in [1.807, 2.05) is 6.07 Å². The number of nitriles is 1. The Morgan fingerprint density at radius 1 is 1.09 bits per heavy atom. The Morgan fingerprint density at radius 2 is 1.86 bits per heavy atom. The summed E-state index contributed by atoms with van der Waals surface area (Å²) in [6.45, 7) is 0. The molecule has 2 aromatic carbocycles. The van der Waals surface area contributed by atoms with Gasteiger partial charge in [0.25, 0.3) is 10.0 Å². The van der Waals surface area contributed by atoms with Crippen molar-refractivity contribution in [2.75, 3.05) is 18.9 Å². The first-order chi connectivity index (χ1) is 10.5. The molecule has 0 radical (unpaired) electrons. The summed E-state index contributed by atoms with van der Waals surface area (Å²) in [6.07, 6.45) is 0. The lowest BCUT2D eigenvalue weighted by atomic mass is 10.2. The fourth-order valence-electron chi connectivity index (χ4n) is 1.82. The zero-order valence-electron chi connectivity index (χ0n) is 12.0. The number of hydrogen-bond acceptors (Lipinski definition) is 5. The van der Waals surface area contributed by atoms with E-state index >= 15 is 0 Å². The van der Waals surface area contributed by atoms with Crippen LogP contribution in [0.1, 0.15) is 5.56 Å². The second kappa shape index (κ2) is 6.37. The summed E-state index contributed by atoms with van der Waals surface area (Å²) < 4.78 is 37.4. The Balaban J connectivity index is 2.38. The van der Waals surface area contributed by atoms with Gasteiger partial charge in [-0.3, -0.25) is 4.72 Å². The molecule has 0 spiro atoms. The molecule has 0 fully saturated rings. The zero-order valence-corrected chi connectivity index (χ0v) is 12.8. The lowest BCUT2D eigenvalue weighted by Crippen LogP contribution is -2.13. The number of ether oxygens (including phenoxy) is 2. The zero-order chi connectivity index (χ0) is 16.2. The van der Waals surface area contributed by atoms with E-state index < -0.39 is 10.0 Å². The number of hydrogen-bond donors (Lipinski definition) is 1. The van der Waals surface area contributed by atoms with Gasteiger partial charge in [0.2, 0.25) is 0 Å². The Labute approximate surface area is 129 Å². The van der Waals surface area contributed by atoms with Crippen LogP contribution in [0.5, 0.6) is 11.5 Å². The van der Waals surface area contributed by atoms with Crippen molar-refractivity contribution in [1.82, 2.24) is 0 Å². The molecule has 6 nitrogen and oxygen atoms in total. The van der Waals surface area contributed by atoms with Crippen LogP contribution in [0, 0.1) is 11.3 Å². The Hall–Kier alpha value is -2.72. The van der Waals surface area contributed by atoms with Gasteiger partial charge in [0.05, 0.1) is 36.4 Å². The predicted octanol–water partition coefficient (Wildman–Crippen LogP) is 2.38. The number of rotatable bonds is 5. The number of sulfonamides is 1. The van der Waals surface area contributed by atoms with Gasteiger partial charge in [-0.25, -0.2) is 8.42 Å². The molecule has 114 valence electrons. The summed E-state index contributed by atoms with van der Waals surface area (Å²) in [5.41, 5.74) is 0.551. The van der Waals surface area contributed by atoms with E-state index in [1.165, 1.54) is 38.5 Å². The summed E-state index contributed by atoms with van der Waals surface area (Å²) in [5, 5.41) is 8.86. The van der Waals surface area contributed by atoms with Gasteiger partial charge in [0.1, 0.15) is 11.5 Å². The maximum Gasteiger partial charge on any atom is 0.262 e. The molecular formula is C15H14N2O4S. The molecule has 0 aliphatic heterocycles. The third-order valence-corrected chi connectivity index (χ3v) is 4.29. The van der Waals surface area contributed by atoms with E-state index in [1.54, 1.807) is 18.2 Å². The van der Waals surface area contributed by atoms with Gasteiger partial charge in [-0.2, -0.15) is 5.26 Å². The smallest absolute Gasteiger partial charge is 0.262 e. The molecule has 0 amide bonds. The highest BCUT2D eigenvalue weighted by atomic mass is 32.2. The van der Waals surface area contributed by atoms with E-state index in [-0.39, 0.29) is 16.1 Å². The minimum absolute atomic E-state index is 0.00409. The van der Waals surface area contributed by atoms with Crippen molar-refractivity contribution in [3.8, 4) is 17.6 Å². The second-order valence-electron chi connectivity index (χ2n) is 4.31. The molecule has 2 aromatic rings. The molecule has 0 aliphatic carbocycles. The lowest BCUT2D eigenvalue weighted by molar-refractivity contribution is 0.395. The fourth-order valence-corrected chi connectivity index (χ4v) is 2.94. The first-order valence-corrected chi connectivity index (χ1v) is 7.73. The summed E-state index contributed by atoms with van der Waals surface area (Å²) in [6, 6.07) is 12.4. The molecule has 0 atom stereocenters. The first-order valence-electron chi connectivity index (χ1n) is 6.25. The monoisotopic (exact) mass is 318 g/mol. The third kappa shape index (κ3) is 3.30. The minimum atomic E-state index is -3.82. The van der Waals surface area contributed by atoms with Crippen molar-refractivity contribution in [3.05, 3.63) is 48.0 Å². The van der Waals surface area contributed by atoms with Gasteiger partial charge in [-0.1, -0.05) is 6.07 Å². The number of nitrogens with one attached hydrogen (secondary N) is 1. The molecule has 1 N–H and O–H groups in total. The third-order valence-electron chi connectivity index (χ3n) is 2.93. The number of benzene rings is 2. The first kappa shape index (κ1) is 15.7. The van der Waals surface area contributed by atoms with Gasteiger partial charge in [0.15, 0.2) is 0 Å². The highest BCUT2D eigenvalue weighted by molar-refractivity contribution is 7.92. The standard InChI is InChI=1S/C15H14N2O4S/c1-20-12-6-7-14(15(9-12)21-2)17-22(18,19)13-5-3-4-11(8-13)10-16/h3-9,17H,1-2H3. The molecule has 0 aliphatic rings.